The average molecular weight is 460 g/mol. The highest BCUT2D eigenvalue weighted by atomic mass is 16.2. The minimum absolute atomic E-state index is 0.0804. The molecule has 0 bridgehead atoms. The number of hydrogen-bond donors (Lipinski definition) is 0. The summed E-state index contributed by atoms with van der Waals surface area (Å²) in [5, 5.41) is 0. The van der Waals surface area contributed by atoms with E-state index in [0.29, 0.717) is 30.1 Å². The second-order valence-corrected chi connectivity index (χ2v) is 9.68. The highest BCUT2D eigenvalue weighted by molar-refractivity contribution is 5.80. The van der Waals surface area contributed by atoms with Gasteiger partial charge >= 0.3 is 0 Å². The van der Waals surface area contributed by atoms with Crippen molar-refractivity contribution in [2.24, 2.45) is 5.92 Å². The molecule has 178 valence electrons. The fourth-order valence-electron chi connectivity index (χ4n) is 5.21. The molecule has 3 aromatic rings. The van der Waals surface area contributed by atoms with Gasteiger partial charge in [-0.05, 0) is 50.3 Å². The van der Waals surface area contributed by atoms with Gasteiger partial charge in [0.15, 0.2) is 11.5 Å². The zero-order chi connectivity index (χ0) is 23.5. The lowest BCUT2D eigenvalue weighted by Gasteiger charge is -2.35. The molecule has 2 fully saturated rings. The van der Waals surface area contributed by atoms with Crippen LogP contribution in [0.2, 0.25) is 0 Å². The van der Waals surface area contributed by atoms with Crippen LogP contribution in [0.3, 0.4) is 0 Å². The normalized spacial score (nSPS) is 19.3. The van der Waals surface area contributed by atoms with Gasteiger partial charge in [-0.3, -0.25) is 14.2 Å². The van der Waals surface area contributed by atoms with E-state index in [2.05, 4.69) is 28.9 Å². The predicted octanol–water partition coefficient (Wildman–Crippen LogP) is 3.77. The highest BCUT2D eigenvalue weighted by Crippen LogP contribution is 2.24. The van der Waals surface area contributed by atoms with Crippen LogP contribution in [-0.2, 0) is 11.3 Å². The fraction of sp³-hybridized carbons (Fsp3) is 0.481. The molecule has 2 aromatic heterocycles. The summed E-state index contributed by atoms with van der Waals surface area (Å²) in [6.07, 6.45) is 8.04. The molecule has 1 aromatic carbocycles. The monoisotopic (exact) mass is 459 g/mol. The van der Waals surface area contributed by atoms with Gasteiger partial charge in [0.25, 0.3) is 5.56 Å². The molecule has 2 aliphatic heterocycles. The topological polar surface area (TPSA) is 71.3 Å². The zero-order valence-electron chi connectivity index (χ0n) is 19.9. The second kappa shape index (κ2) is 9.95. The molecule has 1 amide bonds. The maximum absolute atomic E-state index is 13.7. The number of piperidine rings is 1. The maximum atomic E-state index is 13.7. The molecule has 2 aliphatic rings. The van der Waals surface area contributed by atoms with Gasteiger partial charge in [0, 0.05) is 32.4 Å². The molecule has 5 rings (SSSR count). The van der Waals surface area contributed by atoms with E-state index in [0.717, 1.165) is 50.9 Å². The van der Waals surface area contributed by atoms with Gasteiger partial charge < -0.3 is 9.80 Å². The lowest BCUT2D eigenvalue weighted by Crippen LogP contribution is -2.47. The summed E-state index contributed by atoms with van der Waals surface area (Å²) < 4.78 is 1.72. The van der Waals surface area contributed by atoms with Gasteiger partial charge in [-0.1, -0.05) is 42.7 Å². The summed E-state index contributed by atoms with van der Waals surface area (Å²) in [6, 6.07) is 12.0. The largest absolute Gasteiger partial charge is 0.351 e. The number of aromatic nitrogens is 3. The SMILES string of the molecule is Cc1ccc(Cn2c(=O)c(N3CCC[C@@H](C(=O)N4CCCCCC4)C3)nc3cccnc32)cc1. The van der Waals surface area contributed by atoms with Crippen LogP contribution >= 0.6 is 0 Å². The fourth-order valence-corrected chi connectivity index (χ4v) is 5.21. The second-order valence-electron chi connectivity index (χ2n) is 9.68. The van der Waals surface area contributed by atoms with Crippen molar-refractivity contribution in [2.75, 3.05) is 31.1 Å². The van der Waals surface area contributed by atoms with Crippen LogP contribution in [0.4, 0.5) is 5.82 Å². The number of likely N-dealkylation sites (tertiary alicyclic amines) is 1. The third-order valence-electron chi connectivity index (χ3n) is 7.13. The van der Waals surface area contributed by atoms with Crippen molar-refractivity contribution in [2.45, 2.75) is 52.0 Å². The summed E-state index contributed by atoms with van der Waals surface area (Å²) >= 11 is 0. The van der Waals surface area contributed by atoms with Gasteiger partial charge in [-0.15, -0.1) is 0 Å². The Hall–Kier alpha value is -3.22. The van der Waals surface area contributed by atoms with E-state index >= 15 is 0 Å². The van der Waals surface area contributed by atoms with Crippen LogP contribution in [0.1, 0.15) is 49.7 Å². The Morgan fingerprint density at radius 1 is 1.00 bits per heavy atom. The summed E-state index contributed by atoms with van der Waals surface area (Å²) in [7, 11) is 0. The van der Waals surface area contributed by atoms with Crippen molar-refractivity contribution in [3.05, 3.63) is 64.1 Å². The zero-order valence-corrected chi connectivity index (χ0v) is 19.9. The average Bonchev–Trinajstić information content (AvgIpc) is 3.16. The molecule has 7 nitrogen and oxygen atoms in total. The number of aryl methyl sites for hydroxylation is 1. The van der Waals surface area contributed by atoms with Gasteiger partial charge in [-0.25, -0.2) is 9.97 Å². The number of nitrogens with zero attached hydrogens (tertiary/aromatic N) is 5. The molecule has 2 saturated heterocycles. The Kier molecular flexibility index (Phi) is 6.61. The predicted molar refractivity (Wildman–Crippen MR) is 134 cm³/mol. The van der Waals surface area contributed by atoms with E-state index in [1.54, 1.807) is 10.8 Å². The Morgan fingerprint density at radius 2 is 1.76 bits per heavy atom. The third kappa shape index (κ3) is 4.69. The first kappa shape index (κ1) is 22.6. The summed E-state index contributed by atoms with van der Waals surface area (Å²) in [4.78, 5) is 40.3. The smallest absolute Gasteiger partial charge is 0.295 e. The minimum atomic E-state index is -0.144. The molecular formula is C27H33N5O2. The molecule has 1 atom stereocenters. The maximum Gasteiger partial charge on any atom is 0.295 e. The van der Waals surface area contributed by atoms with Gasteiger partial charge in [0.2, 0.25) is 5.91 Å². The first-order valence-corrected chi connectivity index (χ1v) is 12.5. The van der Waals surface area contributed by atoms with Crippen molar-refractivity contribution in [1.29, 1.82) is 0 Å². The number of fused-ring (bicyclic) bond motifs is 1. The number of amides is 1. The van der Waals surface area contributed by atoms with Crippen molar-refractivity contribution in [1.82, 2.24) is 19.4 Å². The molecule has 0 spiro atoms. The van der Waals surface area contributed by atoms with Gasteiger partial charge in [0.05, 0.1) is 12.5 Å². The molecule has 0 N–H and O–H groups in total. The summed E-state index contributed by atoms with van der Waals surface area (Å²) in [5.74, 6) is 0.596. The molecule has 4 heterocycles. The van der Waals surface area contributed by atoms with E-state index in [9.17, 15) is 9.59 Å². The van der Waals surface area contributed by atoms with Gasteiger partial charge in [-0.2, -0.15) is 0 Å². The van der Waals surface area contributed by atoms with Crippen molar-refractivity contribution in [3.8, 4) is 0 Å². The van der Waals surface area contributed by atoms with Crippen LogP contribution in [0, 0.1) is 12.8 Å². The minimum Gasteiger partial charge on any atom is -0.351 e. The van der Waals surface area contributed by atoms with Crippen molar-refractivity contribution < 1.29 is 4.79 Å². The number of benzene rings is 1. The number of anilines is 1. The standard InChI is InChI=1S/C27H33N5O2/c1-20-10-12-21(13-11-20)18-32-24-23(9-6-14-28-24)29-25(27(32)34)31-17-7-8-22(19-31)26(33)30-15-4-2-3-5-16-30/h6,9-14,22H,2-5,7-8,15-19H2,1H3/t22-/m1/s1. The quantitative estimate of drug-likeness (QED) is 0.594. The molecule has 0 saturated carbocycles. The Labute approximate surface area is 200 Å². The number of carbonyl (C=O) groups excluding carboxylic acids is 1. The van der Waals surface area contributed by atoms with Crippen LogP contribution in [-0.4, -0.2) is 51.5 Å². The van der Waals surface area contributed by atoms with Crippen LogP contribution < -0.4 is 10.5 Å². The molecule has 0 unspecified atom stereocenters. The Morgan fingerprint density at radius 3 is 2.53 bits per heavy atom. The lowest BCUT2D eigenvalue weighted by atomic mass is 9.96. The lowest BCUT2D eigenvalue weighted by molar-refractivity contribution is -0.135. The van der Waals surface area contributed by atoms with E-state index in [4.69, 9.17) is 4.98 Å². The number of pyridine rings is 1. The van der Waals surface area contributed by atoms with Crippen LogP contribution in [0.15, 0.2) is 47.4 Å². The first-order chi connectivity index (χ1) is 16.6. The van der Waals surface area contributed by atoms with Crippen molar-refractivity contribution >= 4 is 22.9 Å². The van der Waals surface area contributed by atoms with E-state index in [-0.39, 0.29) is 17.4 Å². The summed E-state index contributed by atoms with van der Waals surface area (Å²) in [5.41, 5.74) is 3.37. The Bertz CT molecular complexity index is 1210. The van der Waals surface area contributed by atoms with E-state index in [1.165, 1.54) is 18.4 Å². The molecule has 0 radical (unpaired) electrons. The molecular weight excluding hydrogens is 426 g/mol. The number of hydrogen-bond acceptors (Lipinski definition) is 5. The van der Waals surface area contributed by atoms with Crippen LogP contribution in [0.25, 0.3) is 11.2 Å². The van der Waals surface area contributed by atoms with E-state index < -0.39 is 0 Å². The third-order valence-corrected chi connectivity index (χ3v) is 7.13. The number of carbonyl (C=O) groups is 1. The summed E-state index contributed by atoms with van der Waals surface area (Å²) in [6.45, 7) is 5.50. The highest BCUT2D eigenvalue weighted by Gasteiger charge is 2.31. The van der Waals surface area contributed by atoms with Crippen LogP contribution in [0.5, 0.6) is 0 Å². The van der Waals surface area contributed by atoms with Gasteiger partial charge in [0.1, 0.15) is 5.52 Å². The molecule has 7 heteroatoms. The molecule has 34 heavy (non-hydrogen) atoms. The van der Waals surface area contributed by atoms with Crippen molar-refractivity contribution in [3.63, 3.8) is 0 Å². The van der Waals surface area contributed by atoms with E-state index in [1.807, 2.05) is 29.2 Å². The number of rotatable bonds is 4. The Balaban J connectivity index is 1.45. The first-order valence-electron chi connectivity index (χ1n) is 12.5. The molecule has 0 aliphatic carbocycles.